The van der Waals surface area contributed by atoms with Gasteiger partial charge in [-0.05, 0) is 38.3 Å². The molecular formula is C12H15NO3. The van der Waals surface area contributed by atoms with Crippen molar-refractivity contribution in [3.8, 4) is 5.75 Å². The highest BCUT2D eigenvalue weighted by atomic mass is 16.5. The fraction of sp³-hybridized carbons (Fsp3) is 0.500. The molecule has 0 radical (unpaired) electrons. The Bertz CT molecular complexity index is 357. The van der Waals surface area contributed by atoms with Crippen molar-refractivity contribution in [1.29, 1.82) is 0 Å². The Hall–Kier alpha value is -1.58. The molecule has 1 aliphatic rings. The summed E-state index contributed by atoms with van der Waals surface area (Å²) in [5, 5.41) is 0. The average molecular weight is 221 g/mol. The molecule has 0 amide bonds. The summed E-state index contributed by atoms with van der Waals surface area (Å²) in [6, 6.07) is 3.39. The van der Waals surface area contributed by atoms with E-state index >= 15 is 0 Å². The van der Waals surface area contributed by atoms with Crippen LogP contribution in [0.5, 0.6) is 5.75 Å². The molecule has 0 atom stereocenters. The van der Waals surface area contributed by atoms with Crippen molar-refractivity contribution in [3.05, 3.63) is 24.0 Å². The van der Waals surface area contributed by atoms with Crippen LogP contribution in [0, 0.1) is 0 Å². The highest BCUT2D eigenvalue weighted by Gasteiger charge is 2.19. The van der Waals surface area contributed by atoms with Crippen LogP contribution in [0.3, 0.4) is 0 Å². The number of hydrogen-bond acceptors (Lipinski definition) is 4. The first kappa shape index (κ1) is 10.9. The number of hydrogen-bond donors (Lipinski definition) is 0. The number of ether oxygens (including phenoxy) is 2. The molecule has 0 unspecified atom stereocenters. The van der Waals surface area contributed by atoms with Crippen LogP contribution in [-0.4, -0.2) is 23.7 Å². The average Bonchev–Trinajstić information content (AvgIpc) is 2.25. The topological polar surface area (TPSA) is 48.4 Å². The number of carbonyl (C=O) groups excluding carboxylic acids is 1. The molecule has 0 N–H and O–H groups in total. The van der Waals surface area contributed by atoms with Crippen molar-refractivity contribution in [1.82, 2.24) is 4.98 Å². The van der Waals surface area contributed by atoms with Gasteiger partial charge in [-0.15, -0.1) is 0 Å². The molecule has 0 saturated heterocycles. The van der Waals surface area contributed by atoms with Crippen molar-refractivity contribution < 1.29 is 14.3 Å². The first-order chi connectivity index (χ1) is 7.79. The second-order valence-corrected chi connectivity index (χ2v) is 3.77. The smallest absolute Gasteiger partial charge is 0.356 e. The van der Waals surface area contributed by atoms with E-state index in [4.69, 9.17) is 9.47 Å². The lowest BCUT2D eigenvalue weighted by molar-refractivity contribution is 0.0519. The Morgan fingerprint density at radius 1 is 1.50 bits per heavy atom. The second kappa shape index (κ2) is 4.96. The van der Waals surface area contributed by atoms with E-state index in [1.807, 2.05) is 0 Å². The van der Waals surface area contributed by atoms with Gasteiger partial charge in [0, 0.05) is 0 Å². The summed E-state index contributed by atoms with van der Waals surface area (Å²) in [6.07, 6.45) is 5.36. The third-order valence-electron chi connectivity index (χ3n) is 2.58. The molecule has 0 bridgehead atoms. The van der Waals surface area contributed by atoms with E-state index in [1.54, 1.807) is 25.3 Å². The van der Waals surface area contributed by atoms with Crippen LogP contribution < -0.4 is 4.74 Å². The first-order valence-corrected chi connectivity index (χ1v) is 5.59. The zero-order valence-electron chi connectivity index (χ0n) is 9.31. The summed E-state index contributed by atoms with van der Waals surface area (Å²) in [5.41, 5.74) is 0.322. The molecule has 1 aliphatic carbocycles. The Morgan fingerprint density at radius 2 is 2.31 bits per heavy atom. The lowest BCUT2D eigenvalue weighted by Crippen LogP contribution is -2.24. The molecule has 2 rings (SSSR count). The quantitative estimate of drug-likeness (QED) is 0.731. The fourth-order valence-corrected chi connectivity index (χ4v) is 1.46. The summed E-state index contributed by atoms with van der Waals surface area (Å²) in [5.74, 6) is 0.329. The van der Waals surface area contributed by atoms with Crippen LogP contribution in [0.15, 0.2) is 18.3 Å². The van der Waals surface area contributed by atoms with Crippen molar-refractivity contribution in [3.63, 3.8) is 0 Å². The van der Waals surface area contributed by atoms with Gasteiger partial charge < -0.3 is 9.47 Å². The lowest BCUT2D eigenvalue weighted by Gasteiger charge is -2.26. The molecule has 1 fully saturated rings. The third kappa shape index (κ3) is 2.51. The van der Waals surface area contributed by atoms with Gasteiger partial charge in [-0.1, -0.05) is 0 Å². The normalized spacial score (nSPS) is 15.3. The van der Waals surface area contributed by atoms with Gasteiger partial charge in [0.05, 0.1) is 18.9 Å². The second-order valence-electron chi connectivity index (χ2n) is 3.77. The molecule has 1 aromatic rings. The number of rotatable bonds is 4. The Kier molecular flexibility index (Phi) is 3.39. The number of aromatic nitrogens is 1. The maximum absolute atomic E-state index is 11.3. The Labute approximate surface area is 94.6 Å². The first-order valence-electron chi connectivity index (χ1n) is 5.59. The van der Waals surface area contributed by atoms with Crippen LogP contribution in [0.1, 0.15) is 36.7 Å². The number of pyridine rings is 1. The zero-order chi connectivity index (χ0) is 11.4. The maximum atomic E-state index is 11.3. The van der Waals surface area contributed by atoms with Gasteiger partial charge in [0.2, 0.25) is 0 Å². The monoisotopic (exact) mass is 221 g/mol. The highest BCUT2D eigenvalue weighted by molar-refractivity contribution is 5.87. The van der Waals surface area contributed by atoms with Crippen molar-refractivity contribution in [2.75, 3.05) is 6.61 Å². The van der Waals surface area contributed by atoms with E-state index in [9.17, 15) is 4.79 Å². The molecule has 4 nitrogen and oxygen atoms in total. The Balaban J connectivity index is 1.95. The van der Waals surface area contributed by atoms with Gasteiger partial charge in [-0.25, -0.2) is 9.78 Å². The van der Waals surface area contributed by atoms with Crippen molar-refractivity contribution in [2.24, 2.45) is 0 Å². The fourth-order valence-electron chi connectivity index (χ4n) is 1.46. The van der Waals surface area contributed by atoms with Crippen molar-refractivity contribution in [2.45, 2.75) is 32.3 Å². The van der Waals surface area contributed by atoms with E-state index < -0.39 is 5.97 Å². The molecule has 86 valence electrons. The van der Waals surface area contributed by atoms with E-state index in [1.165, 1.54) is 6.42 Å². The summed E-state index contributed by atoms with van der Waals surface area (Å²) in [4.78, 5) is 15.3. The molecule has 1 heterocycles. The number of nitrogens with zero attached hydrogens (tertiary/aromatic N) is 1. The predicted octanol–water partition coefficient (Wildman–Crippen LogP) is 2.19. The molecular weight excluding hydrogens is 206 g/mol. The van der Waals surface area contributed by atoms with Gasteiger partial charge in [0.25, 0.3) is 0 Å². The van der Waals surface area contributed by atoms with Gasteiger partial charge in [-0.2, -0.15) is 0 Å². The largest absolute Gasteiger partial charge is 0.489 e. The molecule has 1 aromatic heterocycles. The third-order valence-corrected chi connectivity index (χ3v) is 2.58. The molecule has 4 heteroatoms. The van der Waals surface area contributed by atoms with E-state index in [0.29, 0.717) is 18.4 Å². The van der Waals surface area contributed by atoms with Crippen LogP contribution in [0.25, 0.3) is 0 Å². The van der Waals surface area contributed by atoms with Gasteiger partial charge >= 0.3 is 5.97 Å². The standard InChI is InChI=1S/C12H15NO3/c1-2-15-12(14)11-7-6-10(8-13-11)16-9-4-3-5-9/h6-9H,2-5H2,1H3. The van der Waals surface area contributed by atoms with Crippen LogP contribution in [-0.2, 0) is 4.74 Å². The molecule has 0 spiro atoms. The minimum absolute atomic E-state index is 0.322. The number of esters is 1. The number of carbonyl (C=O) groups is 1. The highest BCUT2D eigenvalue weighted by Crippen LogP contribution is 2.24. The van der Waals surface area contributed by atoms with Crippen LogP contribution in [0.4, 0.5) is 0 Å². The maximum Gasteiger partial charge on any atom is 0.356 e. The molecule has 0 aromatic carbocycles. The molecule has 16 heavy (non-hydrogen) atoms. The van der Waals surface area contributed by atoms with Gasteiger partial charge in [0.1, 0.15) is 11.4 Å². The minimum atomic E-state index is -0.391. The summed E-state index contributed by atoms with van der Waals surface area (Å²) < 4.78 is 10.5. The molecule has 0 aliphatic heterocycles. The molecule has 1 saturated carbocycles. The van der Waals surface area contributed by atoms with E-state index in [2.05, 4.69) is 4.98 Å². The van der Waals surface area contributed by atoms with E-state index in [0.717, 1.165) is 18.6 Å². The van der Waals surface area contributed by atoms with E-state index in [-0.39, 0.29) is 0 Å². The summed E-state index contributed by atoms with van der Waals surface area (Å²) >= 11 is 0. The summed E-state index contributed by atoms with van der Waals surface area (Å²) in [7, 11) is 0. The predicted molar refractivity (Wildman–Crippen MR) is 58.5 cm³/mol. The summed E-state index contributed by atoms with van der Waals surface area (Å²) in [6.45, 7) is 2.13. The van der Waals surface area contributed by atoms with Crippen molar-refractivity contribution >= 4 is 5.97 Å². The lowest BCUT2D eigenvalue weighted by atomic mass is 9.96. The van der Waals surface area contributed by atoms with Crippen LogP contribution >= 0.6 is 0 Å². The van der Waals surface area contributed by atoms with Gasteiger partial charge in [0.15, 0.2) is 0 Å². The minimum Gasteiger partial charge on any atom is -0.489 e. The Morgan fingerprint density at radius 3 is 2.81 bits per heavy atom. The van der Waals surface area contributed by atoms with Gasteiger partial charge in [-0.3, -0.25) is 0 Å². The zero-order valence-corrected chi connectivity index (χ0v) is 9.31. The SMILES string of the molecule is CCOC(=O)c1ccc(OC2CCC2)cn1. The van der Waals surface area contributed by atoms with Crippen LogP contribution in [0.2, 0.25) is 0 Å².